The van der Waals surface area contributed by atoms with E-state index in [-0.39, 0.29) is 5.91 Å². The minimum Gasteiger partial charge on any atom is -0.493 e. The van der Waals surface area contributed by atoms with Crippen molar-refractivity contribution in [1.82, 2.24) is 14.7 Å². The number of methoxy groups -OCH3 is 2. The summed E-state index contributed by atoms with van der Waals surface area (Å²) in [7, 11) is 4.98. The molecule has 3 aromatic rings. The summed E-state index contributed by atoms with van der Waals surface area (Å²) in [5.41, 5.74) is 3.85. The fraction of sp³-hybridized carbons (Fsp3) is 0.273. The zero-order valence-corrected chi connectivity index (χ0v) is 16.6. The SMILES string of the molecule is COc1cc2c(cc1OC)CN(C(=O)c1cc(F)cc(-c3cnn(C)c3)c1)CC2. The number of benzene rings is 2. The Bertz CT molecular complexity index is 1080. The van der Waals surface area contributed by atoms with Gasteiger partial charge in [0.1, 0.15) is 5.82 Å². The lowest BCUT2D eigenvalue weighted by molar-refractivity contribution is 0.0734. The number of ether oxygens (including phenoxy) is 2. The Morgan fingerprint density at radius 3 is 2.41 bits per heavy atom. The van der Waals surface area contributed by atoms with E-state index in [9.17, 15) is 9.18 Å². The number of amides is 1. The van der Waals surface area contributed by atoms with Gasteiger partial charge in [-0.3, -0.25) is 9.48 Å². The van der Waals surface area contributed by atoms with Gasteiger partial charge in [-0.15, -0.1) is 0 Å². The third kappa shape index (κ3) is 3.68. The molecule has 1 aromatic heterocycles. The summed E-state index contributed by atoms with van der Waals surface area (Å²) < 4.78 is 26.6. The van der Waals surface area contributed by atoms with E-state index in [0.29, 0.717) is 42.1 Å². The predicted molar refractivity (Wildman–Crippen MR) is 107 cm³/mol. The Labute approximate surface area is 168 Å². The van der Waals surface area contributed by atoms with Crippen molar-refractivity contribution in [2.24, 2.45) is 7.05 Å². The smallest absolute Gasteiger partial charge is 0.254 e. The summed E-state index contributed by atoms with van der Waals surface area (Å²) in [6.45, 7) is 0.993. The summed E-state index contributed by atoms with van der Waals surface area (Å²) in [6, 6.07) is 8.27. The van der Waals surface area contributed by atoms with Crippen molar-refractivity contribution in [1.29, 1.82) is 0 Å². The second-order valence-corrected chi connectivity index (χ2v) is 7.08. The lowest BCUT2D eigenvalue weighted by Crippen LogP contribution is -2.36. The van der Waals surface area contributed by atoms with Crippen LogP contribution in [-0.4, -0.2) is 41.4 Å². The Balaban J connectivity index is 1.62. The first-order valence-electron chi connectivity index (χ1n) is 9.31. The molecule has 7 heteroatoms. The number of aryl methyl sites for hydroxylation is 1. The molecule has 0 bridgehead atoms. The molecule has 0 saturated heterocycles. The number of carbonyl (C=O) groups is 1. The van der Waals surface area contributed by atoms with E-state index in [2.05, 4.69) is 5.10 Å². The van der Waals surface area contributed by atoms with Crippen LogP contribution >= 0.6 is 0 Å². The first kappa shape index (κ1) is 19.0. The number of carbonyl (C=O) groups excluding carboxylic acids is 1. The van der Waals surface area contributed by atoms with Crippen LogP contribution in [0.5, 0.6) is 11.5 Å². The zero-order chi connectivity index (χ0) is 20.5. The third-order valence-corrected chi connectivity index (χ3v) is 5.19. The van der Waals surface area contributed by atoms with E-state index >= 15 is 0 Å². The van der Waals surface area contributed by atoms with Gasteiger partial charge < -0.3 is 14.4 Å². The fourth-order valence-electron chi connectivity index (χ4n) is 3.69. The fourth-order valence-corrected chi connectivity index (χ4v) is 3.69. The van der Waals surface area contributed by atoms with Crippen LogP contribution in [0.2, 0.25) is 0 Å². The van der Waals surface area contributed by atoms with Crippen molar-refractivity contribution in [3.8, 4) is 22.6 Å². The summed E-state index contributed by atoms with van der Waals surface area (Å²) in [6.07, 6.45) is 4.14. The normalized spacial score (nSPS) is 13.2. The number of fused-ring (bicyclic) bond motifs is 1. The van der Waals surface area contributed by atoms with E-state index in [4.69, 9.17) is 9.47 Å². The average Bonchev–Trinajstić information content (AvgIpc) is 3.17. The lowest BCUT2D eigenvalue weighted by Gasteiger charge is -2.30. The van der Waals surface area contributed by atoms with Gasteiger partial charge in [0.05, 0.1) is 20.4 Å². The van der Waals surface area contributed by atoms with Gasteiger partial charge in [-0.25, -0.2) is 4.39 Å². The Kier molecular flexibility index (Phi) is 4.96. The van der Waals surface area contributed by atoms with E-state index in [1.54, 1.807) is 49.3 Å². The maximum Gasteiger partial charge on any atom is 0.254 e. The second kappa shape index (κ2) is 7.58. The zero-order valence-electron chi connectivity index (χ0n) is 16.6. The highest BCUT2D eigenvalue weighted by molar-refractivity contribution is 5.95. The minimum atomic E-state index is -0.446. The predicted octanol–water partition coefficient (Wildman–Crippen LogP) is 3.44. The van der Waals surface area contributed by atoms with Crippen molar-refractivity contribution in [2.75, 3.05) is 20.8 Å². The van der Waals surface area contributed by atoms with Gasteiger partial charge in [0.25, 0.3) is 5.91 Å². The molecule has 0 saturated carbocycles. The number of aromatic nitrogens is 2. The van der Waals surface area contributed by atoms with Crippen molar-refractivity contribution >= 4 is 5.91 Å². The van der Waals surface area contributed by atoms with Gasteiger partial charge in [0, 0.05) is 37.5 Å². The summed E-state index contributed by atoms with van der Waals surface area (Å²) in [5.74, 6) is 0.663. The van der Waals surface area contributed by atoms with Crippen LogP contribution in [0.3, 0.4) is 0 Å². The lowest BCUT2D eigenvalue weighted by atomic mass is 9.97. The highest BCUT2D eigenvalue weighted by Gasteiger charge is 2.24. The standard InChI is InChI=1S/C22H22FN3O3/c1-25-12-18(11-24-25)15-6-16(8-19(23)7-15)22(27)26-5-4-14-9-20(28-2)21(29-3)10-17(14)13-26/h6-12H,4-5,13H2,1-3H3. The molecular weight excluding hydrogens is 373 g/mol. The van der Waals surface area contributed by atoms with E-state index in [0.717, 1.165) is 16.7 Å². The van der Waals surface area contributed by atoms with Crippen molar-refractivity contribution < 1.29 is 18.7 Å². The van der Waals surface area contributed by atoms with E-state index in [1.165, 1.54) is 12.1 Å². The van der Waals surface area contributed by atoms with Crippen LogP contribution in [0.15, 0.2) is 42.7 Å². The second-order valence-electron chi connectivity index (χ2n) is 7.08. The van der Waals surface area contributed by atoms with Crippen LogP contribution in [0.1, 0.15) is 21.5 Å². The highest BCUT2D eigenvalue weighted by Crippen LogP contribution is 2.33. The molecule has 0 aliphatic carbocycles. The average molecular weight is 395 g/mol. The molecule has 6 nitrogen and oxygen atoms in total. The van der Waals surface area contributed by atoms with E-state index in [1.807, 2.05) is 12.1 Å². The molecular formula is C22H22FN3O3. The highest BCUT2D eigenvalue weighted by atomic mass is 19.1. The molecule has 1 amide bonds. The first-order chi connectivity index (χ1) is 14.0. The van der Waals surface area contributed by atoms with Crippen molar-refractivity contribution in [3.05, 3.63) is 65.2 Å². The van der Waals surface area contributed by atoms with Crippen molar-refractivity contribution in [2.45, 2.75) is 13.0 Å². The van der Waals surface area contributed by atoms with E-state index < -0.39 is 5.82 Å². The summed E-state index contributed by atoms with van der Waals surface area (Å²) in [5, 5.41) is 4.12. The molecule has 0 spiro atoms. The summed E-state index contributed by atoms with van der Waals surface area (Å²) >= 11 is 0. The van der Waals surface area contributed by atoms with Crippen LogP contribution in [-0.2, 0) is 20.0 Å². The quantitative estimate of drug-likeness (QED) is 0.679. The van der Waals surface area contributed by atoms with Gasteiger partial charge >= 0.3 is 0 Å². The largest absolute Gasteiger partial charge is 0.493 e. The Morgan fingerprint density at radius 1 is 1.03 bits per heavy atom. The molecule has 1 aliphatic heterocycles. The number of hydrogen-bond donors (Lipinski definition) is 0. The van der Waals surface area contributed by atoms with Crippen LogP contribution in [0.25, 0.3) is 11.1 Å². The van der Waals surface area contributed by atoms with Crippen LogP contribution in [0.4, 0.5) is 4.39 Å². The monoisotopic (exact) mass is 395 g/mol. The van der Waals surface area contributed by atoms with Gasteiger partial charge in [0.15, 0.2) is 11.5 Å². The molecule has 1 aliphatic rings. The van der Waals surface area contributed by atoms with Gasteiger partial charge in [-0.2, -0.15) is 5.10 Å². The molecule has 4 rings (SSSR count). The Hall–Kier alpha value is -3.35. The van der Waals surface area contributed by atoms with Gasteiger partial charge in [-0.05, 0) is 53.4 Å². The summed E-state index contributed by atoms with van der Waals surface area (Å²) in [4.78, 5) is 14.8. The first-order valence-corrected chi connectivity index (χ1v) is 9.31. The Morgan fingerprint density at radius 2 is 1.76 bits per heavy atom. The number of nitrogens with zero attached hydrogens (tertiary/aromatic N) is 3. The third-order valence-electron chi connectivity index (χ3n) is 5.19. The topological polar surface area (TPSA) is 56.6 Å². The number of rotatable bonds is 4. The molecule has 2 aromatic carbocycles. The maximum atomic E-state index is 14.2. The molecule has 0 radical (unpaired) electrons. The molecule has 29 heavy (non-hydrogen) atoms. The molecule has 0 unspecified atom stereocenters. The number of halogens is 1. The molecule has 0 fully saturated rings. The maximum absolute atomic E-state index is 14.2. The van der Waals surface area contributed by atoms with Gasteiger partial charge in [-0.1, -0.05) is 0 Å². The minimum absolute atomic E-state index is 0.199. The van der Waals surface area contributed by atoms with Crippen LogP contribution in [0, 0.1) is 5.82 Å². The number of hydrogen-bond acceptors (Lipinski definition) is 4. The van der Waals surface area contributed by atoms with Gasteiger partial charge in [0.2, 0.25) is 0 Å². The molecule has 2 heterocycles. The molecule has 0 N–H and O–H groups in total. The molecule has 0 atom stereocenters. The van der Waals surface area contributed by atoms with Crippen LogP contribution < -0.4 is 9.47 Å². The van der Waals surface area contributed by atoms with Crippen molar-refractivity contribution in [3.63, 3.8) is 0 Å². The molecule has 150 valence electrons.